The second-order valence-electron chi connectivity index (χ2n) is 4.47. The molecule has 0 amide bonds. The van der Waals surface area contributed by atoms with Crippen molar-refractivity contribution in [3.63, 3.8) is 0 Å². The highest BCUT2D eigenvalue weighted by atomic mass is 32.2. The molecule has 6 heteroatoms. The molecule has 21 heavy (non-hydrogen) atoms. The van der Waals surface area contributed by atoms with Crippen molar-refractivity contribution >= 4 is 29.7 Å². The van der Waals surface area contributed by atoms with E-state index in [1.807, 2.05) is 30.5 Å². The molecule has 0 fully saturated rings. The van der Waals surface area contributed by atoms with Crippen molar-refractivity contribution in [1.29, 1.82) is 0 Å². The average molecular weight is 310 g/mol. The van der Waals surface area contributed by atoms with Crippen molar-refractivity contribution in [3.8, 4) is 0 Å². The Morgan fingerprint density at radius 3 is 2.24 bits per heavy atom. The lowest BCUT2D eigenvalue weighted by atomic mass is 10.1. The van der Waals surface area contributed by atoms with Gasteiger partial charge in [-0.25, -0.2) is 0 Å². The van der Waals surface area contributed by atoms with Crippen LogP contribution < -0.4 is 0 Å². The summed E-state index contributed by atoms with van der Waals surface area (Å²) in [4.78, 5) is 34.4. The van der Waals surface area contributed by atoms with Gasteiger partial charge < -0.3 is 9.84 Å². The molecule has 0 bridgehead atoms. The van der Waals surface area contributed by atoms with Crippen LogP contribution in [0.4, 0.5) is 0 Å². The molecular weight excluding hydrogens is 292 g/mol. The number of benzene rings is 1. The molecule has 0 spiro atoms. The van der Waals surface area contributed by atoms with E-state index in [1.165, 1.54) is 0 Å². The summed E-state index contributed by atoms with van der Waals surface area (Å²) in [5.41, 5.74) is 0.788. The molecule has 1 rings (SSSR count). The maximum Gasteiger partial charge on any atom is 0.317 e. The van der Waals surface area contributed by atoms with Crippen LogP contribution in [0.5, 0.6) is 0 Å². The number of hydrogen-bond acceptors (Lipinski definition) is 5. The van der Waals surface area contributed by atoms with Gasteiger partial charge in [0.2, 0.25) is 0 Å². The zero-order valence-electron chi connectivity index (χ0n) is 11.8. The van der Waals surface area contributed by atoms with Crippen molar-refractivity contribution in [3.05, 3.63) is 29.8 Å². The number of aliphatic carboxylic acids is 1. The molecule has 0 aliphatic carbocycles. The first-order valence-corrected chi connectivity index (χ1v) is 7.82. The standard InChI is InChI=1S/C15H18O5S/c1-21-12-8-6-11(7-9-12)10-15(19)20-14(18)5-3-2-4-13(16)17/h6-9H,2-5,10H2,1H3,(H,16,17). The normalized spacial score (nSPS) is 10.1. The Morgan fingerprint density at radius 1 is 1.05 bits per heavy atom. The van der Waals surface area contributed by atoms with Crippen molar-refractivity contribution in [2.75, 3.05) is 6.26 Å². The third-order valence-corrected chi connectivity index (χ3v) is 3.50. The van der Waals surface area contributed by atoms with Crippen LogP contribution >= 0.6 is 11.8 Å². The number of esters is 2. The number of rotatable bonds is 8. The number of unbranched alkanes of at least 4 members (excludes halogenated alkanes) is 1. The van der Waals surface area contributed by atoms with Gasteiger partial charge in [-0.15, -0.1) is 11.8 Å². The topological polar surface area (TPSA) is 80.7 Å². The van der Waals surface area contributed by atoms with Crippen LogP contribution in [0.25, 0.3) is 0 Å². The first kappa shape index (κ1) is 17.2. The molecule has 0 heterocycles. The molecule has 1 N–H and O–H groups in total. The molecule has 0 unspecified atom stereocenters. The van der Waals surface area contributed by atoms with Gasteiger partial charge in [-0.2, -0.15) is 0 Å². The Hall–Kier alpha value is -1.82. The zero-order chi connectivity index (χ0) is 15.7. The van der Waals surface area contributed by atoms with Crippen LogP contribution in [0.1, 0.15) is 31.2 Å². The van der Waals surface area contributed by atoms with E-state index < -0.39 is 17.9 Å². The number of thioether (sulfide) groups is 1. The number of carbonyl (C=O) groups is 3. The van der Waals surface area contributed by atoms with Crippen LogP contribution in [-0.2, 0) is 25.5 Å². The monoisotopic (exact) mass is 310 g/mol. The molecular formula is C15H18O5S. The molecule has 0 atom stereocenters. The Balaban J connectivity index is 2.28. The summed E-state index contributed by atoms with van der Waals surface area (Å²) in [5, 5.41) is 8.45. The van der Waals surface area contributed by atoms with Crippen molar-refractivity contribution in [1.82, 2.24) is 0 Å². The Labute approximate surface area is 127 Å². The van der Waals surface area contributed by atoms with Crippen LogP contribution in [0, 0.1) is 0 Å². The van der Waals surface area contributed by atoms with E-state index in [4.69, 9.17) is 5.11 Å². The largest absolute Gasteiger partial charge is 0.481 e. The van der Waals surface area contributed by atoms with E-state index >= 15 is 0 Å². The van der Waals surface area contributed by atoms with E-state index in [-0.39, 0.29) is 19.3 Å². The van der Waals surface area contributed by atoms with Gasteiger partial charge in [0.25, 0.3) is 0 Å². The Bertz CT molecular complexity index is 495. The molecule has 1 aromatic carbocycles. The van der Waals surface area contributed by atoms with E-state index in [1.54, 1.807) is 11.8 Å². The quantitative estimate of drug-likeness (QED) is 0.344. The molecule has 5 nitrogen and oxygen atoms in total. The van der Waals surface area contributed by atoms with Gasteiger partial charge in [0.15, 0.2) is 0 Å². The van der Waals surface area contributed by atoms with E-state index in [0.717, 1.165) is 10.5 Å². The van der Waals surface area contributed by atoms with Crippen LogP contribution in [0.3, 0.4) is 0 Å². The molecule has 0 aliphatic rings. The predicted octanol–water partition coefficient (Wildman–Crippen LogP) is 2.67. The summed E-state index contributed by atoms with van der Waals surface area (Å²) in [6.45, 7) is 0. The molecule has 0 aromatic heterocycles. The summed E-state index contributed by atoms with van der Waals surface area (Å²) < 4.78 is 4.69. The summed E-state index contributed by atoms with van der Waals surface area (Å²) in [7, 11) is 0. The maximum atomic E-state index is 11.6. The predicted molar refractivity (Wildman–Crippen MR) is 79.1 cm³/mol. The molecule has 114 valence electrons. The van der Waals surface area contributed by atoms with Crippen molar-refractivity contribution in [2.24, 2.45) is 0 Å². The first-order chi connectivity index (χ1) is 10.0. The van der Waals surface area contributed by atoms with Gasteiger partial charge >= 0.3 is 17.9 Å². The molecule has 0 saturated carbocycles. The minimum absolute atomic E-state index is 0.0169. The zero-order valence-corrected chi connectivity index (χ0v) is 12.6. The van der Waals surface area contributed by atoms with Gasteiger partial charge in [0, 0.05) is 17.7 Å². The summed E-state index contributed by atoms with van der Waals surface area (Å²) in [6.07, 6.45) is 2.89. The highest BCUT2D eigenvalue weighted by molar-refractivity contribution is 7.98. The van der Waals surface area contributed by atoms with Crippen LogP contribution in [-0.4, -0.2) is 29.3 Å². The number of carbonyl (C=O) groups excluding carboxylic acids is 2. The second-order valence-corrected chi connectivity index (χ2v) is 5.35. The number of hydrogen-bond donors (Lipinski definition) is 1. The van der Waals surface area contributed by atoms with Crippen molar-refractivity contribution in [2.45, 2.75) is 37.0 Å². The maximum absolute atomic E-state index is 11.6. The van der Waals surface area contributed by atoms with Gasteiger partial charge in [-0.05, 0) is 36.8 Å². The molecule has 0 saturated heterocycles. The van der Waals surface area contributed by atoms with E-state index in [9.17, 15) is 14.4 Å². The highest BCUT2D eigenvalue weighted by Gasteiger charge is 2.11. The molecule has 0 radical (unpaired) electrons. The van der Waals surface area contributed by atoms with E-state index in [0.29, 0.717) is 12.8 Å². The fourth-order valence-corrected chi connectivity index (χ4v) is 2.08. The van der Waals surface area contributed by atoms with Crippen molar-refractivity contribution < 1.29 is 24.2 Å². The fraction of sp³-hybridized carbons (Fsp3) is 0.400. The third kappa shape index (κ3) is 7.51. The number of ether oxygens (including phenoxy) is 1. The first-order valence-electron chi connectivity index (χ1n) is 6.59. The lowest BCUT2D eigenvalue weighted by Gasteiger charge is -2.04. The Kier molecular flexibility index (Phi) is 7.53. The Morgan fingerprint density at radius 2 is 1.67 bits per heavy atom. The highest BCUT2D eigenvalue weighted by Crippen LogP contribution is 2.15. The number of carboxylic acids is 1. The minimum atomic E-state index is -0.895. The van der Waals surface area contributed by atoms with E-state index in [2.05, 4.69) is 4.74 Å². The smallest absolute Gasteiger partial charge is 0.317 e. The van der Waals surface area contributed by atoms with Gasteiger partial charge in [0.05, 0.1) is 6.42 Å². The van der Waals surface area contributed by atoms with Crippen LogP contribution in [0.15, 0.2) is 29.2 Å². The summed E-state index contributed by atoms with van der Waals surface area (Å²) >= 11 is 1.61. The van der Waals surface area contributed by atoms with Gasteiger partial charge in [-0.1, -0.05) is 12.1 Å². The second kappa shape index (κ2) is 9.18. The summed E-state index contributed by atoms with van der Waals surface area (Å²) in [6, 6.07) is 7.46. The molecule has 1 aromatic rings. The fourth-order valence-electron chi connectivity index (χ4n) is 1.67. The van der Waals surface area contributed by atoms with Gasteiger partial charge in [0.1, 0.15) is 0 Å². The lowest BCUT2D eigenvalue weighted by Crippen LogP contribution is -2.14. The number of carboxylic acid groups (broad SMARTS) is 1. The average Bonchev–Trinajstić information content (AvgIpc) is 2.44. The lowest BCUT2D eigenvalue weighted by molar-refractivity contribution is -0.159. The van der Waals surface area contributed by atoms with Gasteiger partial charge in [-0.3, -0.25) is 14.4 Å². The summed E-state index contributed by atoms with van der Waals surface area (Å²) in [5.74, 6) is -2.09. The SMILES string of the molecule is CSc1ccc(CC(=O)OC(=O)CCCCC(=O)O)cc1. The molecule has 0 aliphatic heterocycles. The van der Waals surface area contributed by atoms with Crippen LogP contribution in [0.2, 0.25) is 0 Å². The minimum Gasteiger partial charge on any atom is -0.481 e. The third-order valence-electron chi connectivity index (χ3n) is 2.76.